The van der Waals surface area contributed by atoms with Gasteiger partial charge in [0.15, 0.2) is 11.7 Å². The van der Waals surface area contributed by atoms with E-state index in [0.29, 0.717) is 11.3 Å². The lowest BCUT2D eigenvalue weighted by Crippen LogP contribution is -2.35. The summed E-state index contributed by atoms with van der Waals surface area (Å²) in [5.74, 6) is -0.129. The summed E-state index contributed by atoms with van der Waals surface area (Å²) < 4.78 is 49.3. The van der Waals surface area contributed by atoms with Crippen LogP contribution in [0.5, 0.6) is 5.75 Å². The van der Waals surface area contributed by atoms with Gasteiger partial charge in [-0.25, -0.2) is 4.68 Å². The van der Waals surface area contributed by atoms with Gasteiger partial charge in [0.2, 0.25) is 0 Å². The van der Waals surface area contributed by atoms with Gasteiger partial charge in [-0.3, -0.25) is 9.48 Å². The largest absolute Gasteiger partial charge is 0.497 e. The highest BCUT2D eigenvalue weighted by Crippen LogP contribution is 2.46. The van der Waals surface area contributed by atoms with Gasteiger partial charge in [0.25, 0.3) is 5.91 Å². The van der Waals surface area contributed by atoms with Crippen molar-refractivity contribution >= 4 is 23.3 Å². The molecule has 3 aromatic rings. The molecule has 176 valence electrons. The Bertz CT molecular complexity index is 1170. The van der Waals surface area contributed by atoms with Crippen molar-refractivity contribution in [3.63, 3.8) is 0 Å². The summed E-state index contributed by atoms with van der Waals surface area (Å²) >= 11 is 6.36. The number of methoxy groups -OCH3 is 1. The van der Waals surface area contributed by atoms with E-state index in [1.165, 1.54) is 7.11 Å². The number of halogens is 4. The summed E-state index contributed by atoms with van der Waals surface area (Å²) in [6, 6.07) is 4.10. The molecule has 8 nitrogen and oxygen atoms in total. The Balaban J connectivity index is 1.62. The first kappa shape index (κ1) is 23.0. The van der Waals surface area contributed by atoms with Gasteiger partial charge < -0.3 is 15.4 Å². The molecule has 0 saturated carbocycles. The fraction of sp³-hybridized carbons (Fsp3) is 0.381. The number of ether oxygens (including phenoxy) is 1. The number of carbonyl (C=O) groups excluding carboxylic acids is 1. The van der Waals surface area contributed by atoms with Crippen molar-refractivity contribution in [1.82, 2.24) is 24.9 Å². The number of rotatable bonds is 5. The summed E-state index contributed by atoms with van der Waals surface area (Å²) in [4.78, 5) is 12.7. The van der Waals surface area contributed by atoms with E-state index >= 15 is 0 Å². The van der Waals surface area contributed by atoms with Gasteiger partial charge in [0.1, 0.15) is 16.6 Å². The number of aryl methyl sites for hydroxylation is 1. The maximum Gasteiger partial charge on any atom is 0.410 e. The molecule has 33 heavy (non-hydrogen) atoms. The van der Waals surface area contributed by atoms with Crippen LogP contribution in [-0.4, -0.2) is 38.8 Å². The number of fused-ring (bicyclic) bond motifs is 1. The van der Waals surface area contributed by atoms with Crippen LogP contribution in [0.3, 0.4) is 0 Å². The molecule has 0 radical (unpaired) electrons. The molecule has 2 N–H and O–H groups in total. The van der Waals surface area contributed by atoms with Crippen LogP contribution in [0.4, 0.5) is 19.0 Å². The lowest BCUT2D eigenvalue weighted by atomic mass is 9.97. The number of alkyl halides is 3. The van der Waals surface area contributed by atoms with Crippen molar-refractivity contribution in [2.75, 3.05) is 12.4 Å². The van der Waals surface area contributed by atoms with Crippen molar-refractivity contribution in [2.24, 2.45) is 7.05 Å². The highest BCUT2D eigenvalue weighted by Gasteiger charge is 2.47. The zero-order valence-electron chi connectivity index (χ0n) is 18.1. The topological polar surface area (TPSA) is 86.0 Å². The normalized spacial score (nSPS) is 17.9. The minimum atomic E-state index is -4.59. The molecule has 1 aliphatic rings. The van der Waals surface area contributed by atoms with Gasteiger partial charge in [-0.2, -0.15) is 23.4 Å². The molecule has 2 unspecified atom stereocenters. The van der Waals surface area contributed by atoms with Crippen LogP contribution in [0.2, 0.25) is 5.02 Å². The molecule has 4 rings (SSSR count). The van der Waals surface area contributed by atoms with Crippen molar-refractivity contribution in [2.45, 2.75) is 38.1 Å². The smallest absolute Gasteiger partial charge is 0.410 e. The number of aromatic nitrogens is 4. The Kier molecular flexibility index (Phi) is 6.00. The lowest BCUT2D eigenvalue weighted by molar-refractivity contribution is -0.173. The van der Waals surface area contributed by atoms with E-state index in [2.05, 4.69) is 20.8 Å². The SMILES string of the molecule is COc1ccc(C2CC(C(F)(F)F)n3nc(C(=O)NCc4cnn(C)c4C)c(Cl)c3N2)cc1. The van der Waals surface area contributed by atoms with Crippen molar-refractivity contribution in [3.05, 3.63) is 58.0 Å². The first-order valence-electron chi connectivity index (χ1n) is 10.1. The quantitative estimate of drug-likeness (QED) is 0.570. The van der Waals surface area contributed by atoms with E-state index in [-0.39, 0.29) is 29.5 Å². The number of benzene rings is 1. The van der Waals surface area contributed by atoms with Crippen molar-refractivity contribution in [3.8, 4) is 5.75 Å². The minimum Gasteiger partial charge on any atom is -0.497 e. The second-order valence-corrected chi connectivity index (χ2v) is 8.16. The maximum atomic E-state index is 13.9. The first-order chi connectivity index (χ1) is 15.6. The lowest BCUT2D eigenvalue weighted by Gasteiger charge is -2.33. The summed E-state index contributed by atoms with van der Waals surface area (Å²) in [6.07, 6.45) is -3.29. The molecule has 0 fully saturated rings. The van der Waals surface area contributed by atoms with Crippen molar-refractivity contribution in [1.29, 1.82) is 0 Å². The second-order valence-electron chi connectivity index (χ2n) is 7.78. The molecule has 0 saturated heterocycles. The summed E-state index contributed by atoms with van der Waals surface area (Å²) in [5, 5.41) is 13.5. The predicted octanol–water partition coefficient (Wildman–Crippen LogP) is 4.18. The van der Waals surface area contributed by atoms with Crippen LogP contribution in [0, 0.1) is 6.92 Å². The molecule has 2 aromatic heterocycles. The number of hydrogen-bond acceptors (Lipinski definition) is 5. The first-order valence-corrected chi connectivity index (χ1v) is 10.5. The second kappa shape index (κ2) is 8.62. The van der Waals surface area contributed by atoms with Gasteiger partial charge in [-0.05, 0) is 24.6 Å². The van der Waals surface area contributed by atoms with E-state index < -0.39 is 24.2 Å². The summed E-state index contributed by atoms with van der Waals surface area (Å²) in [7, 11) is 3.28. The average Bonchev–Trinajstić information content (AvgIpc) is 3.30. The zero-order valence-corrected chi connectivity index (χ0v) is 18.8. The molecule has 1 amide bonds. The standard InChI is InChI=1S/C21H22ClF3N6O2/c1-11-13(10-27-30(11)2)9-26-20(32)18-17(22)19-28-15(12-4-6-14(33-3)7-5-12)8-16(21(23,24)25)31(19)29-18/h4-7,10,15-16,28H,8-9H2,1-3H3,(H,26,32). The van der Waals surface area contributed by atoms with E-state index in [9.17, 15) is 18.0 Å². The van der Waals surface area contributed by atoms with Gasteiger partial charge in [-0.1, -0.05) is 23.7 Å². The van der Waals surface area contributed by atoms with Crippen LogP contribution >= 0.6 is 11.6 Å². The third-order valence-electron chi connectivity index (χ3n) is 5.81. The van der Waals surface area contributed by atoms with E-state index in [1.54, 1.807) is 42.2 Å². The number of nitrogens with zero attached hydrogens (tertiary/aromatic N) is 4. The number of anilines is 1. The van der Waals surface area contributed by atoms with Crippen LogP contribution < -0.4 is 15.4 Å². The Hall–Kier alpha value is -3.21. The molecule has 0 bridgehead atoms. The molecular formula is C21H22ClF3N6O2. The summed E-state index contributed by atoms with van der Waals surface area (Å²) in [5.41, 5.74) is 1.99. The van der Waals surface area contributed by atoms with E-state index in [4.69, 9.17) is 16.3 Å². The molecular weight excluding hydrogens is 461 g/mol. The zero-order chi connectivity index (χ0) is 23.9. The number of carbonyl (C=O) groups is 1. The molecule has 1 aromatic carbocycles. The van der Waals surface area contributed by atoms with Gasteiger partial charge in [-0.15, -0.1) is 0 Å². The van der Waals surface area contributed by atoms with Gasteiger partial charge >= 0.3 is 6.18 Å². The van der Waals surface area contributed by atoms with Gasteiger partial charge in [0.05, 0.1) is 19.3 Å². The van der Waals surface area contributed by atoms with Gasteiger partial charge in [0, 0.05) is 31.3 Å². The highest BCUT2D eigenvalue weighted by molar-refractivity contribution is 6.36. The Morgan fingerprint density at radius 1 is 1.33 bits per heavy atom. The number of hydrogen-bond donors (Lipinski definition) is 2. The summed E-state index contributed by atoms with van der Waals surface area (Å²) in [6.45, 7) is 1.98. The van der Waals surface area contributed by atoms with Crippen LogP contribution in [0.1, 0.15) is 45.8 Å². The maximum absolute atomic E-state index is 13.9. The number of nitrogens with one attached hydrogen (secondary N) is 2. The van der Waals surface area contributed by atoms with Crippen molar-refractivity contribution < 1.29 is 22.7 Å². The van der Waals surface area contributed by atoms with Crippen LogP contribution in [0.25, 0.3) is 0 Å². The Morgan fingerprint density at radius 2 is 2.03 bits per heavy atom. The Labute approximate surface area is 192 Å². The van der Waals surface area contributed by atoms with E-state index in [1.807, 2.05) is 6.92 Å². The predicted molar refractivity (Wildman–Crippen MR) is 115 cm³/mol. The molecule has 3 heterocycles. The molecule has 12 heteroatoms. The average molecular weight is 483 g/mol. The molecule has 0 aliphatic carbocycles. The Morgan fingerprint density at radius 3 is 2.61 bits per heavy atom. The third kappa shape index (κ3) is 4.37. The highest BCUT2D eigenvalue weighted by atomic mass is 35.5. The van der Waals surface area contributed by atoms with Crippen LogP contribution in [0.15, 0.2) is 30.5 Å². The monoisotopic (exact) mass is 482 g/mol. The van der Waals surface area contributed by atoms with Crippen LogP contribution in [-0.2, 0) is 13.6 Å². The fourth-order valence-electron chi connectivity index (χ4n) is 3.77. The van der Waals surface area contributed by atoms with E-state index in [0.717, 1.165) is 15.9 Å². The minimum absolute atomic E-state index is 0.0474. The third-order valence-corrected chi connectivity index (χ3v) is 6.16. The molecule has 1 aliphatic heterocycles. The number of amides is 1. The molecule has 2 atom stereocenters. The molecule has 0 spiro atoms. The fourth-order valence-corrected chi connectivity index (χ4v) is 4.03.